The summed E-state index contributed by atoms with van der Waals surface area (Å²) in [7, 11) is -5.25. The maximum atomic E-state index is 11.0. The molecule has 8 heteroatoms. The van der Waals surface area contributed by atoms with Crippen molar-refractivity contribution in [1.29, 1.82) is 0 Å². The fourth-order valence-electron chi connectivity index (χ4n) is 4.65. The molecule has 0 aliphatic heterocycles. The molecule has 26 heavy (non-hydrogen) atoms. The molecule has 4 rings (SSSR count). The third kappa shape index (κ3) is 3.36. The quantitative estimate of drug-likeness (QED) is 0.366. The third-order valence-electron chi connectivity index (χ3n) is 5.89. The SMILES string of the molecule is [2H]c1cc2c(c([2H])c1OS(=O)(=O)[O-])C([2H])C[C@H]1[C@@H]3C[C@@]([2H])(O)[C@]([2H])(O)[C@@]3(C)CC[C@]21[2H].[Na+]. The van der Waals surface area contributed by atoms with E-state index >= 15 is 0 Å². The average molecular weight is 396 g/mol. The molecule has 1 unspecified atom stereocenters. The van der Waals surface area contributed by atoms with Crippen molar-refractivity contribution in [3.05, 3.63) is 29.3 Å². The molecular formula is C18H23NaO6S. The summed E-state index contributed by atoms with van der Waals surface area (Å²) < 4.78 is 87.9. The molecule has 6 nitrogen and oxygen atoms in total. The van der Waals surface area contributed by atoms with Crippen LogP contribution < -0.4 is 33.7 Å². The maximum absolute atomic E-state index is 11.0. The van der Waals surface area contributed by atoms with Crippen LogP contribution in [-0.4, -0.2) is 35.3 Å². The van der Waals surface area contributed by atoms with Crippen LogP contribution in [-0.2, 0) is 16.8 Å². The smallest absolute Gasteiger partial charge is 0.716 e. The molecule has 0 amide bonds. The van der Waals surface area contributed by atoms with Gasteiger partial charge in [0.25, 0.3) is 10.4 Å². The Hall–Kier alpha value is -0.150. The van der Waals surface area contributed by atoms with Gasteiger partial charge in [-0.05, 0) is 78.4 Å². The Morgan fingerprint density at radius 3 is 2.88 bits per heavy atom. The van der Waals surface area contributed by atoms with Crippen LogP contribution >= 0.6 is 0 Å². The van der Waals surface area contributed by atoms with Gasteiger partial charge in [-0.1, -0.05) is 13.0 Å². The summed E-state index contributed by atoms with van der Waals surface area (Å²) in [6.07, 6.45) is -6.08. The van der Waals surface area contributed by atoms with E-state index in [-0.39, 0.29) is 66.4 Å². The van der Waals surface area contributed by atoms with Crippen LogP contribution in [0.5, 0.6) is 5.75 Å². The molecule has 2 saturated carbocycles. The largest absolute Gasteiger partial charge is 1.00 e. The van der Waals surface area contributed by atoms with Crippen LogP contribution in [0.4, 0.5) is 0 Å². The van der Waals surface area contributed by atoms with Crippen LogP contribution in [0.25, 0.3) is 0 Å². The van der Waals surface area contributed by atoms with Crippen molar-refractivity contribution in [2.75, 3.05) is 0 Å². The number of hydrogen-bond acceptors (Lipinski definition) is 6. The van der Waals surface area contributed by atoms with Crippen LogP contribution in [0, 0.1) is 17.3 Å². The van der Waals surface area contributed by atoms with Gasteiger partial charge in [0, 0.05) is 2.74 Å². The molecule has 1 aromatic carbocycles. The summed E-state index contributed by atoms with van der Waals surface area (Å²) in [4.78, 5) is 0. The van der Waals surface area contributed by atoms with Crippen molar-refractivity contribution in [3.63, 3.8) is 0 Å². The maximum Gasteiger partial charge on any atom is 1.00 e. The zero-order valence-corrected chi connectivity index (χ0v) is 17.4. The normalized spacial score (nSPS) is 53.2. The second-order valence-electron chi connectivity index (χ2n) is 7.16. The van der Waals surface area contributed by atoms with Gasteiger partial charge in [-0.25, -0.2) is 8.42 Å². The van der Waals surface area contributed by atoms with Crippen LogP contribution in [0.15, 0.2) is 18.2 Å². The molecule has 0 heterocycles. The summed E-state index contributed by atoms with van der Waals surface area (Å²) in [6, 6.07) is -0.0245. The summed E-state index contributed by atoms with van der Waals surface area (Å²) in [5, 5.41) is 21.1. The van der Waals surface area contributed by atoms with Crippen LogP contribution in [0.2, 0.25) is 0 Å². The summed E-state index contributed by atoms with van der Waals surface area (Å²) in [5.74, 6) is -3.50. The molecule has 2 fully saturated rings. The van der Waals surface area contributed by atoms with Crippen molar-refractivity contribution < 1.29 is 65.1 Å². The first kappa shape index (κ1) is 13.9. The Kier molecular flexibility index (Phi) is 3.77. The fraction of sp³-hybridized carbons (Fsp3) is 0.667. The van der Waals surface area contributed by atoms with Gasteiger partial charge in [0.1, 0.15) is 5.75 Å². The zero-order valence-electron chi connectivity index (χ0n) is 20.6. The third-order valence-corrected chi connectivity index (χ3v) is 6.26. The molecule has 3 aliphatic carbocycles. The molecule has 0 bridgehead atoms. The number of hydrogen-bond donors (Lipinski definition) is 2. The van der Waals surface area contributed by atoms with Gasteiger partial charge in [0.15, 0.2) is 0 Å². The topological polar surface area (TPSA) is 107 Å². The minimum atomic E-state index is -5.25. The minimum Gasteiger partial charge on any atom is -0.716 e. The van der Waals surface area contributed by atoms with E-state index in [9.17, 15) is 24.6 Å². The number of fused-ring (bicyclic) bond motifs is 5. The zero-order chi connectivity index (χ0) is 23.4. The van der Waals surface area contributed by atoms with Gasteiger partial charge < -0.3 is 18.9 Å². The Balaban J connectivity index is 0.00000289. The van der Waals surface area contributed by atoms with E-state index < -0.39 is 69.9 Å². The Labute approximate surface area is 184 Å². The average Bonchev–Trinajstić information content (AvgIpc) is 2.76. The van der Waals surface area contributed by atoms with Gasteiger partial charge in [0.05, 0.1) is 17.6 Å². The predicted molar refractivity (Wildman–Crippen MR) is 88.8 cm³/mol. The summed E-state index contributed by atoms with van der Waals surface area (Å²) in [5.41, 5.74) is -1.02. The number of rotatable bonds is 2. The van der Waals surface area contributed by atoms with Crippen molar-refractivity contribution >= 4 is 10.4 Å². The van der Waals surface area contributed by atoms with Crippen molar-refractivity contribution in [3.8, 4) is 5.75 Å². The predicted octanol–water partition coefficient (Wildman–Crippen LogP) is -1.28. The minimum absolute atomic E-state index is 0. The standard InChI is InChI=1S/C18H24O6S.Na/c1-18-7-6-13-12-5-3-11(24-25(21,22)23)8-10(12)2-4-14(13)15(18)9-16(19)17(18)20;/h3,5,8,13-17,19-20H,2,4,6-7,9H2,1H3,(H,21,22,23);/q;+1/p-1/t13-,14-,15+,16-,17+,18+;/m1./s1/i2D,3D,8D,13D,16D,17D;/t2?,13-,14-,15+,16-,17+,18+;. The van der Waals surface area contributed by atoms with E-state index in [2.05, 4.69) is 4.18 Å². The molecule has 1 aromatic rings. The number of benzene rings is 1. The van der Waals surface area contributed by atoms with E-state index in [0.717, 1.165) is 6.07 Å². The molecule has 2 N–H and O–H groups in total. The van der Waals surface area contributed by atoms with E-state index in [0.29, 0.717) is 0 Å². The molecule has 7 atom stereocenters. The molecule has 0 aromatic heterocycles. The van der Waals surface area contributed by atoms with Gasteiger partial charge in [-0.15, -0.1) is 0 Å². The second-order valence-corrected chi connectivity index (χ2v) is 8.14. The van der Waals surface area contributed by atoms with Crippen LogP contribution in [0.1, 0.15) is 57.9 Å². The van der Waals surface area contributed by atoms with Crippen molar-refractivity contribution in [1.82, 2.24) is 0 Å². The van der Waals surface area contributed by atoms with Gasteiger partial charge >= 0.3 is 29.6 Å². The first-order valence-electron chi connectivity index (χ1n) is 11.2. The first-order valence-corrected chi connectivity index (χ1v) is 9.46. The molecular weight excluding hydrogens is 367 g/mol. The van der Waals surface area contributed by atoms with Crippen LogP contribution in [0.3, 0.4) is 0 Å². The Morgan fingerprint density at radius 1 is 1.46 bits per heavy atom. The second kappa shape index (κ2) is 7.03. The molecule has 0 saturated heterocycles. The number of aliphatic hydroxyl groups is 2. The molecule has 138 valence electrons. The molecule has 0 radical (unpaired) electrons. The summed E-state index contributed by atoms with van der Waals surface area (Å²) >= 11 is 0. The van der Waals surface area contributed by atoms with E-state index in [1.54, 1.807) is 6.92 Å². The molecule has 0 spiro atoms. The van der Waals surface area contributed by atoms with Gasteiger partial charge in [-0.3, -0.25) is 0 Å². The fourth-order valence-corrected chi connectivity index (χ4v) is 4.94. The van der Waals surface area contributed by atoms with E-state index in [4.69, 9.17) is 6.85 Å². The van der Waals surface area contributed by atoms with E-state index in [1.807, 2.05) is 0 Å². The Morgan fingerprint density at radius 2 is 2.19 bits per heavy atom. The Bertz CT molecular complexity index is 1070. The molecule has 3 aliphatic rings. The van der Waals surface area contributed by atoms with Gasteiger partial charge in [-0.2, -0.15) is 0 Å². The first-order chi connectivity index (χ1) is 14.0. The van der Waals surface area contributed by atoms with Crippen molar-refractivity contribution in [2.45, 2.75) is 57.1 Å². The summed E-state index contributed by atoms with van der Waals surface area (Å²) in [6.45, 7) is 1.60. The van der Waals surface area contributed by atoms with E-state index in [1.165, 1.54) is 0 Å². The monoisotopic (exact) mass is 396 g/mol. The van der Waals surface area contributed by atoms with Gasteiger partial charge in [0.2, 0.25) is 0 Å². The van der Waals surface area contributed by atoms with Crippen molar-refractivity contribution in [2.24, 2.45) is 17.3 Å².